The second-order valence-electron chi connectivity index (χ2n) is 6.75. The first-order valence-corrected chi connectivity index (χ1v) is 8.81. The van der Waals surface area contributed by atoms with Crippen LogP contribution < -0.4 is 9.47 Å². The fourth-order valence-electron chi connectivity index (χ4n) is 2.98. The van der Waals surface area contributed by atoms with Gasteiger partial charge in [-0.3, -0.25) is 0 Å². The van der Waals surface area contributed by atoms with Crippen LogP contribution in [-0.2, 0) is 17.6 Å². The Morgan fingerprint density at radius 1 is 0.960 bits per heavy atom. The van der Waals surface area contributed by atoms with Crippen LogP contribution in [0.2, 0.25) is 0 Å². The lowest BCUT2D eigenvalue weighted by Gasteiger charge is -2.15. The van der Waals surface area contributed by atoms with Crippen LogP contribution in [0.3, 0.4) is 0 Å². The quantitative estimate of drug-likeness (QED) is 0.621. The zero-order valence-electron chi connectivity index (χ0n) is 15.6. The van der Waals surface area contributed by atoms with Gasteiger partial charge in [0.1, 0.15) is 17.8 Å². The van der Waals surface area contributed by atoms with Crippen LogP contribution in [0.4, 0.5) is 0 Å². The molecule has 0 aliphatic heterocycles. The van der Waals surface area contributed by atoms with E-state index in [9.17, 15) is 4.79 Å². The van der Waals surface area contributed by atoms with E-state index in [-0.39, 0.29) is 5.92 Å². The highest BCUT2D eigenvalue weighted by Gasteiger charge is 2.13. The van der Waals surface area contributed by atoms with Crippen molar-refractivity contribution in [2.45, 2.75) is 33.1 Å². The molecule has 0 saturated carbocycles. The van der Waals surface area contributed by atoms with Crippen molar-refractivity contribution < 1.29 is 14.3 Å². The minimum atomic E-state index is 0.118. The largest absolute Gasteiger partial charge is 0.497 e. The normalized spacial score (nSPS) is 12.0. The van der Waals surface area contributed by atoms with E-state index < -0.39 is 0 Å². The summed E-state index contributed by atoms with van der Waals surface area (Å²) in [6.07, 6.45) is 3.69. The lowest BCUT2D eigenvalue weighted by atomic mass is 9.90. The minimum Gasteiger partial charge on any atom is -0.497 e. The van der Waals surface area contributed by atoms with E-state index in [0.29, 0.717) is 5.92 Å². The van der Waals surface area contributed by atoms with E-state index in [1.807, 2.05) is 18.2 Å². The van der Waals surface area contributed by atoms with Crippen LogP contribution in [0.1, 0.15) is 37.0 Å². The number of rotatable bonds is 9. The maximum absolute atomic E-state index is 11.2. The molecule has 3 nitrogen and oxygen atoms in total. The Balaban J connectivity index is 2.14. The van der Waals surface area contributed by atoms with Gasteiger partial charge < -0.3 is 14.3 Å². The van der Waals surface area contributed by atoms with Crippen molar-refractivity contribution in [1.29, 1.82) is 0 Å². The SMILES string of the molecule is COc1ccc(Cc2cc(CCC(C=O)C(C)C)ccc2OC)cc1. The van der Waals surface area contributed by atoms with Gasteiger partial charge in [-0.1, -0.05) is 38.1 Å². The summed E-state index contributed by atoms with van der Waals surface area (Å²) in [5, 5.41) is 0. The van der Waals surface area contributed by atoms with Crippen molar-refractivity contribution in [1.82, 2.24) is 0 Å². The number of carbonyl (C=O) groups is 1. The fourth-order valence-corrected chi connectivity index (χ4v) is 2.98. The summed E-state index contributed by atoms with van der Waals surface area (Å²) in [6.45, 7) is 4.20. The number of carbonyl (C=O) groups excluding carboxylic acids is 1. The van der Waals surface area contributed by atoms with Crippen LogP contribution in [0.15, 0.2) is 42.5 Å². The van der Waals surface area contributed by atoms with E-state index in [4.69, 9.17) is 9.47 Å². The summed E-state index contributed by atoms with van der Waals surface area (Å²) < 4.78 is 10.7. The Morgan fingerprint density at radius 3 is 2.20 bits per heavy atom. The lowest BCUT2D eigenvalue weighted by molar-refractivity contribution is -0.112. The molecular weight excluding hydrogens is 312 g/mol. The first-order chi connectivity index (χ1) is 12.1. The molecule has 0 aromatic heterocycles. The second kappa shape index (κ2) is 9.26. The van der Waals surface area contributed by atoms with Gasteiger partial charge in [-0.05, 0) is 53.6 Å². The third-order valence-electron chi connectivity index (χ3n) is 4.70. The molecule has 2 rings (SSSR count). The van der Waals surface area contributed by atoms with Crippen LogP contribution in [0, 0.1) is 11.8 Å². The van der Waals surface area contributed by atoms with Gasteiger partial charge in [-0.15, -0.1) is 0 Å². The molecule has 0 aliphatic rings. The van der Waals surface area contributed by atoms with Crippen LogP contribution in [-0.4, -0.2) is 20.5 Å². The van der Waals surface area contributed by atoms with Gasteiger partial charge >= 0.3 is 0 Å². The van der Waals surface area contributed by atoms with E-state index in [1.54, 1.807) is 14.2 Å². The summed E-state index contributed by atoms with van der Waals surface area (Å²) in [6, 6.07) is 14.4. The smallest absolute Gasteiger partial charge is 0.123 e. The maximum atomic E-state index is 11.2. The van der Waals surface area contributed by atoms with Crippen molar-refractivity contribution in [3.8, 4) is 11.5 Å². The lowest BCUT2D eigenvalue weighted by Crippen LogP contribution is -2.11. The maximum Gasteiger partial charge on any atom is 0.123 e. The molecular formula is C22H28O3. The summed E-state index contributed by atoms with van der Waals surface area (Å²) in [4.78, 5) is 11.2. The highest BCUT2D eigenvalue weighted by molar-refractivity contribution is 5.54. The van der Waals surface area contributed by atoms with Gasteiger partial charge in [0.25, 0.3) is 0 Å². The molecule has 1 atom stereocenters. The fraction of sp³-hybridized carbons (Fsp3) is 0.409. The number of aryl methyl sites for hydroxylation is 1. The van der Waals surface area contributed by atoms with Gasteiger partial charge in [0, 0.05) is 12.3 Å². The first-order valence-electron chi connectivity index (χ1n) is 8.81. The molecule has 0 saturated heterocycles. The van der Waals surface area contributed by atoms with Gasteiger partial charge in [-0.25, -0.2) is 0 Å². The highest BCUT2D eigenvalue weighted by Crippen LogP contribution is 2.25. The second-order valence-corrected chi connectivity index (χ2v) is 6.75. The van der Waals surface area contributed by atoms with Crippen molar-refractivity contribution in [2.75, 3.05) is 14.2 Å². The predicted molar refractivity (Wildman–Crippen MR) is 102 cm³/mol. The van der Waals surface area contributed by atoms with E-state index in [0.717, 1.165) is 42.6 Å². The number of aldehydes is 1. The Labute approximate surface area is 151 Å². The van der Waals surface area contributed by atoms with Crippen LogP contribution in [0.25, 0.3) is 0 Å². The molecule has 0 aliphatic carbocycles. The third kappa shape index (κ3) is 5.35. The Hall–Kier alpha value is -2.29. The summed E-state index contributed by atoms with van der Waals surface area (Å²) in [5.74, 6) is 2.26. The van der Waals surface area contributed by atoms with Crippen LogP contribution in [0.5, 0.6) is 11.5 Å². The van der Waals surface area contributed by atoms with Crippen molar-refractivity contribution in [3.05, 3.63) is 59.2 Å². The standard InChI is InChI=1S/C22H28O3/c1-16(2)19(15-23)9-5-17-8-12-22(25-4)20(13-17)14-18-6-10-21(24-3)11-7-18/h6-8,10-13,15-16,19H,5,9,14H2,1-4H3. The van der Waals surface area contributed by atoms with Gasteiger partial charge in [0.2, 0.25) is 0 Å². The molecule has 0 spiro atoms. The molecule has 2 aromatic carbocycles. The number of benzene rings is 2. The summed E-state index contributed by atoms with van der Waals surface area (Å²) in [7, 11) is 3.37. The molecule has 3 heteroatoms. The number of methoxy groups -OCH3 is 2. The first kappa shape index (κ1) is 19.0. The number of hydrogen-bond acceptors (Lipinski definition) is 3. The topological polar surface area (TPSA) is 35.5 Å². The molecule has 134 valence electrons. The van der Waals surface area contributed by atoms with Gasteiger partial charge in [0.05, 0.1) is 14.2 Å². The average molecular weight is 340 g/mol. The Bertz CT molecular complexity index is 674. The molecule has 25 heavy (non-hydrogen) atoms. The molecule has 0 fully saturated rings. The Morgan fingerprint density at radius 2 is 1.64 bits per heavy atom. The molecule has 1 unspecified atom stereocenters. The highest BCUT2D eigenvalue weighted by atomic mass is 16.5. The minimum absolute atomic E-state index is 0.118. The molecule has 2 aromatic rings. The molecule has 0 radical (unpaired) electrons. The summed E-state index contributed by atoms with van der Waals surface area (Å²) in [5.41, 5.74) is 3.62. The molecule has 0 heterocycles. The van der Waals surface area contributed by atoms with Crippen molar-refractivity contribution in [3.63, 3.8) is 0 Å². The van der Waals surface area contributed by atoms with E-state index in [1.165, 1.54) is 11.1 Å². The molecule has 0 bridgehead atoms. The van der Waals surface area contributed by atoms with Gasteiger partial charge in [-0.2, -0.15) is 0 Å². The van der Waals surface area contributed by atoms with Crippen molar-refractivity contribution >= 4 is 6.29 Å². The monoisotopic (exact) mass is 340 g/mol. The molecule has 0 amide bonds. The number of ether oxygens (including phenoxy) is 2. The van der Waals surface area contributed by atoms with E-state index in [2.05, 4.69) is 38.1 Å². The van der Waals surface area contributed by atoms with E-state index >= 15 is 0 Å². The Kier molecular flexibility index (Phi) is 7.05. The van der Waals surface area contributed by atoms with Gasteiger partial charge in [0.15, 0.2) is 0 Å². The summed E-state index contributed by atoms with van der Waals surface area (Å²) >= 11 is 0. The average Bonchev–Trinajstić information content (AvgIpc) is 2.63. The van der Waals surface area contributed by atoms with Crippen LogP contribution >= 0.6 is 0 Å². The molecule has 0 N–H and O–H groups in total. The number of hydrogen-bond donors (Lipinski definition) is 0. The zero-order chi connectivity index (χ0) is 18.2. The zero-order valence-corrected chi connectivity index (χ0v) is 15.6. The predicted octanol–water partition coefficient (Wildman–Crippen LogP) is 4.70. The van der Waals surface area contributed by atoms with Crippen molar-refractivity contribution in [2.24, 2.45) is 11.8 Å². The third-order valence-corrected chi connectivity index (χ3v) is 4.70.